The van der Waals surface area contributed by atoms with Crippen LogP contribution < -0.4 is 10.6 Å². The Morgan fingerprint density at radius 3 is 1.73 bits per heavy atom. The molecule has 0 aromatic heterocycles. The maximum atomic E-state index is 13.5. The van der Waals surface area contributed by atoms with Crippen LogP contribution >= 0.6 is 0 Å². The topological polar surface area (TPSA) is 42.5 Å². The molecule has 6 rings (SSSR count). The fourth-order valence-corrected chi connectivity index (χ4v) is 7.32. The molecule has 49 heavy (non-hydrogen) atoms. The van der Waals surface area contributed by atoms with E-state index in [0.29, 0.717) is 19.1 Å². The highest BCUT2D eigenvalue weighted by Gasteiger charge is 2.30. The lowest BCUT2D eigenvalue weighted by molar-refractivity contribution is 0.00638. The maximum Gasteiger partial charge on any atom is 0.123 e. The molecule has 0 spiro atoms. The van der Waals surface area contributed by atoms with Gasteiger partial charge in [0.1, 0.15) is 17.5 Å². The molecule has 0 bridgehead atoms. The van der Waals surface area contributed by atoms with E-state index >= 15 is 0 Å². The highest BCUT2D eigenvalue weighted by molar-refractivity contribution is 5.33. The zero-order valence-corrected chi connectivity index (χ0v) is 29.5. The van der Waals surface area contributed by atoms with Crippen molar-refractivity contribution in [1.82, 2.24) is 10.6 Å². The van der Waals surface area contributed by atoms with E-state index in [1.54, 1.807) is 18.2 Å². The zero-order chi connectivity index (χ0) is 34.9. The summed E-state index contributed by atoms with van der Waals surface area (Å²) in [7, 11) is 0. The lowest BCUT2D eigenvalue weighted by atomic mass is 9.86. The molecular formula is C42H51F3N2O2. The Morgan fingerprint density at radius 2 is 1.20 bits per heavy atom. The number of nitrogens with one attached hydrogen (secondary N) is 2. The summed E-state index contributed by atoms with van der Waals surface area (Å²) < 4.78 is 52.9. The van der Waals surface area contributed by atoms with Crippen molar-refractivity contribution < 1.29 is 22.6 Å². The van der Waals surface area contributed by atoms with Crippen LogP contribution in [0.2, 0.25) is 0 Å². The summed E-state index contributed by atoms with van der Waals surface area (Å²) in [5.74, 6) is 0.309. The van der Waals surface area contributed by atoms with Gasteiger partial charge in [-0.05, 0) is 134 Å². The molecule has 2 aliphatic heterocycles. The van der Waals surface area contributed by atoms with Crippen LogP contribution in [0.5, 0.6) is 0 Å². The molecule has 7 heteroatoms. The monoisotopic (exact) mass is 672 g/mol. The van der Waals surface area contributed by atoms with Crippen molar-refractivity contribution in [2.75, 3.05) is 26.2 Å². The second-order valence-corrected chi connectivity index (χ2v) is 13.9. The predicted molar refractivity (Wildman–Crippen MR) is 192 cm³/mol. The molecule has 4 aromatic carbocycles. The van der Waals surface area contributed by atoms with Crippen molar-refractivity contribution in [2.45, 2.75) is 90.6 Å². The molecule has 0 aliphatic carbocycles. The minimum Gasteiger partial charge on any atom is -0.373 e. The molecule has 4 atom stereocenters. The summed E-state index contributed by atoms with van der Waals surface area (Å²) in [4.78, 5) is 0. The molecule has 2 saturated heterocycles. The van der Waals surface area contributed by atoms with Crippen molar-refractivity contribution in [2.24, 2.45) is 0 Å². The average Bonchev–Trinajstić information content (AvgIpc) is 3.07. The lowest BCUT2D eigenvalue weighted by Gasteiger charge is -2.33. The molecule has 0 amide bonds. The zero-order valence-electron chi connectivity index (χ0n) is 29.5. The van der Waals surface area contributed by atoms with Crippen molar-refractivity contribution >= 4 is 0 Å². The first kappa shape index (κ1) is 36.8. The van der Waals surface area contributed by atoms with Gasteiger partial charge >= 0.3 is 0 Å². The Labute approximate surface area is 290 Å². The van der Waals surface area contributed by atoms with Gasteiger partial charge in [0.15, 0.2) is 0 Å². The van der Waals surface area contributed by atoms with Gasteiger partial charge in [-0.2, -0.15) is 0 Å². The highest BCUT2D eigenvalue weighted by Crippen LogP contribution is 2.32. The third-order valence-corrected chi connectivity index (χ3v) is 9.80. The number of piperidine rings is 2. The summed E-state index contributed by atoms with van der Waals surface area (Å²) in [6.07, 6.45) is 2.06. The summed E-state index contributed by atoms with van der Waals surface area (Å²) >= 11 is 0. The molecule has 0 radical (unpaired) electrons. The Bertz CT molecular complexity index is 1660. The molecular weight excluding hydrogens is 621 g/mol. The van der Waals surface area contributed by atoms with Gasteiger partial charge in [0.25, 0.3) is 0 Å². The summed E-state index contributed by atoms with van der Waals surface area (Å²) in [5, 5.41) is 6.85. The number of hydrogen-bond acceptors (Lipinski definition) is 4. The number of rotatable bonds is 9. The number of halogens is 3. The Morgan fingerprint density at radius 1 is 0.653 bits per heavy atom. The Hall–Kier alpha value is -3.49. The third kappa shape index (κ3) is 10.0. The van der Waals surface area contributed by atoms with Gasteiger partial charge in [-0.3, -0.25) is 0 Å². The van der Waals surface area contributed by atoms with Crippen LogP contribution in [0.3, 0.4) is 0 Å². The van der Waals surface area contributed by atoms with Gasteiger partial charge in [-0.25, -0.2) is 13.2 Å². The molecule has 2 aliphatic rings. The summed E-state index contributed by atoms with van der Waals surface area (Å²) in [5.41, 5.74) is 8.62. The predicted octanol–water partition coefficient (Wildman–Crippen LogP) is 9.16. The van der Waals surface area contributed by atoms with E-state index in [0.717, 1.165) is 66.8 Å². The number of benzene rings is 4. The van der Waals surface area contributed by atoms with Gasteiger partial charge in [0, 0.05) is 24.9 Å². The van der Waals surface area contributed by atoms with Crippen LogP contribution in [0.4, 0.5) is 13.2 Å². The van der Waals surface area contributed by atoms with Gasteiger partial charge < -0.3 is 20.1 Å². The van der Waals surface area contributed by atoms with Crippen molar-refractivity contribution in [3.63, 3.8) is 0 Å². The van der Waals surface area contributed by atoms with Crippen molar-refractivity contribution in [3.05, 3.63) is 141 Å². The second kappa shape index (κ2) is 17.4. The normalized spacial score (nSPS) is 20.9. The number of ether oxygens (including phenoxy) is 2. The van der Waals surface area contributed by atoms with Crippen LogP contribution in [0.1, 0.15) is 89.0 Å². The smallest absolute Gasteiger partial charge is 0.123 e. The lowest BCUT2D eigenvalue weighted by Crippen LogP contribution is -2.40. The molecule has 262 valence electrons. The van der Waals surface area contributed by atoms with Crippen LogP contribution in [-0.4, -0.2) is 38.4 Å². The highest BCUT2D eigenvalue weighted by atomic mass is 19.1. The molecule has 0 saturated carbocycles. The average molecular weight is 673 g/mol. The largest absolute Gasteiger partial charge is 0.373 e. The Kier molecular flexibility index (Phi) is 13.1. The quantitative estimate of drug-likeness (QED) is 0.186. The first-order valence-electron chi connectivity index (χ1n) is 17.6. The minimum absolute atomic E-state index is 0.0407. The Balaban J connectivity index is 0.000000191. The van der Waals surface area contributed by atoms with E-state index in [-0.39, 0.29) is 41.5 Å². The third-order valence-electron chi connectivity index (χ3n) is 9.80. The number of hydrogen-bond donors (Lipinski definition) is 2. The summed E-state index contributed by atoms with van der Waals surface area (Å²) in [6.45, 7) is 14.8. The van der Waals surface area contributed by atoms with Crippen LogP contribution in [0.15, 0.2) is 78.9 Å². The molecule has 2 heterocycles. The maximum absolute atomic E-state index is 13.5. The molecule has 4 nitrogen and oxygen atoms in total. The minimum atomic E-state index is -0.232. The van der Waals surface area contributed by atoms with Crippen LogP contribution in [-0.2, 0) is 22.7 Å². The molecule has 2 fully saturated rings. The second-order valence-electron chi connectivity index (χ2n) is 13.9. The fourth-order valence-electron chi connectivity index (χ4n) is 7.32. The van der Waals surface area contributed by atoms with Gasteiger partial charge in [-0.15, -0.1) is 0 Å². The fraction of sp³-hybridized carbons (Fsp3) is 0.429. The SMILES string of the molecule is Cc1cc(F)cc(COC2CCNCC2c2ccc(F)cc2C)c1.Cc1cc(F)ccc1C1CNCCC1OCc1ccccc1C(C)C. The summed E-state index contributed by atoms with van der Waals surface area (Å²) in [6, 6.07) is 23.5. The van der Waals surface area contributed by atoms with Crippen molar-refractivity contribution in [1.29, 1.82) is 0 Å². The van der Waals surface area contributed by atoms with Crippen molar-refractivity contribution in [3.8, 4) is 0 Å². The van der Waals surface area contributed by atoms with Gasteiger partial charge in [0.05, 0.1) is 25.4 Å². The van der Waals surface area contributed by atoms with Crippen LogP contribution in [0, 0.1) is 38.2 Å². The first-order chi connectivity index (χ1) is 23.6. The van der Waals surface area contributed by atoms with Gasteiger partial charge in [-0.1, -0.05) is 56.3 Å². The molecule has 4 aromatic rings. The first-order valence-corrected chi connectivity index (χ1v) is 17.6. The molecule has 2 N–H and O–H groups in total. The molecule has 4 unspecified atom stereocenters. The van der Waals surface area contributed by atoms with E-state index < -0.39 is 0 Å². The van der Waals surface area contributed by atoms with E-state index in [2.05, 4.69) is 48.7 Å². The van der Waals surface area contributed by atoms with E-state index in [1.807, 2.05) is 39.0 Å². The van der Waals surface area contributed by atoms with Gasteiger partial charge in [0.2, 0.25) is 0 Å². The van der Waals surface area contributed by atoms with E-state index in [9.17, 15) is 13.2 Å². The van der Waals surface area contributed by atoms with E-state index in [1.165, 1.54) is 34.9 Å². The standard InChI is InChI=1S/C22H28FNO.C20H23F2NO/c1-15(2)19-7-5-4-6-17(19)14-25-22-10-11-24-13-21(22)20-9-8-18(23)12-16(20)3;1-13-7-15(10-17(22)8-13)12-24-20-5-6-23-11-19(20)18-4-3-16(21)9-14(18)2/h4-9,12,15,21-22,24H,10-11,13-14H2,1-3H3;3-4,7-10,19-20,23H,5-6,11-12H2,1-2H3. The van der Waals surface area contributed by atoms with E-state index in [4.69, 9.17) is 9.47 Å². The van der Waals surface area contributed by atoms with Crippen LogP contribution in [0.25, 0.3) is 0 Å². The number of aryl methyl sites for hydroxylation is 3.